The van der Waals surface area contributed by atoms with Gasteiger partial charge in [-0.3, -0.25) is 9.78 Å². The highest BCUT2D eigenvalue weighted by atomic mass is 79.9. The Kier molecular flexibility index (Phi) is 6.48. The first kappa shape index (κ1) is 21.9. The number of halogens is 1. The normalized spacial score (nSPS) is 11.7. The number of para-hydroxylation sites is 1. The van der Waals surface area contributed by atoms with Gasteiger partial charge in [-0.25, -0.2) is 4.99 Å². The maximum Gasteiger partial charge on any atom is 0.261 e. The van der Waals surface area contributed by atoms with Crippen molar-refractivity contribution < 1.29 is 14.3 Å². The van der Waals surface area contributed by atoms with E-state index in [4.69, 9.17) is 9.41 Å². The van der Waals surface area contributed by atoms with Gasteiger partial charge in [-0.2, -0.15) is 0 Å². The van der Waals surface area contributed by atoms with Crippen molar-refractivity contribution in [2.24, 2.45) is 4.99 Å². The Morgan fingerprint density at radius 1 is 1.16 bits per heavy atom. The van der Waals surface area contributed by atoms with Crippen LogP contribution in [-0.4, -0.2) is 16.0 Å². The Bertz CT molecular complexity index is 1360. The van der Waals surface area contributed by atoms with Crippen molar-refractivity contribution in [2.75, 3.05) is 5.32 Å². The minimum atomic E-state index is -0.357. The average Bonchev–Trinajstić information content (AvgIpc) is 2.81. The lowest BCUT2D eigenvalue weighted by molar-refractivity contribution is 0.102. The topological polar surface area (TPSA) is 87.7 Å². The second-order valence-electron chi connectivity index (χ2n) is 7.29. The number of fused-ring (bicyclic) bond motifs is 1. The van der Waals surface area contributed by atoms with Gasteiger partial charge >= 0.3 is 0 Å². The molecular weight excluding hydrogens is 470 g/mol. The van der Waals surface area contributed by atoms with Crippen LogP contribution in [0.3, 0.4) is 0 Å². The molecule has 2 aromatic carbocycles. The zero-order valence-corrected chi connectivity index (χ0v) is 19.3. The summed E-state index contributed by atoms with van der Waals surface area (Å²) in [5, 5.41) is 13.3. The molecule has 0 bridgehead atoms. The first-order chi connectivity index (χ1) is 15.5. The molecule has 0 saturated carbocycles. The molecule has 0 aliphatic rings. The van der Waals surface area contributed by atoms with E-state index in [1.165, 1.54) is 0 Å². The third-order valence-corrected chi connectivity index (χ3v) is 5.69. The Balaban J connectivity index is 1.94. The summed E-state index contributed by atoms with van der Waals surface area (Å²) in [6.45, 7) is 3.65. The van der Waals surface area contributed by atoms with Crippen LogP contribution in [0, 0.1) is 6.92 Å². The number of nitrogens with zero attached hydrogens (tertiary/aromatic N) is 2. The fraction of sp³-hybridized carbons (Fsp3) is 0.160. The third kappa shape index (κ3) is 4.49. The van der Waals surface area contributed by atoms with Gasteiger partial charge in [-0.1, -0.05) is 41.1 Å². The highest BCUT2D eigenvalue weighted by Crippen LogP contribution is 2.23. The van der Waals surface area contributed by atoms with Gasteiger partial charge in [0.25, 0.3) is 5.91 Å². The van der Waals surface area contributed by atoms with Gasteiger partial charge in [-0.05, 0) is 55.3 Å². The lowest BCUT2D eigenvalue weighted by Gasteiger charge is -2.10. The highest BCUT2D eigenvalue weighted by molar-refractivity contribution is 9.10. The Morgan fingerprint density at radius 3 is 2.62 bits per heavy atom. The maximum atomic E-state index is 13.3. The molecule has 0 aliphatic carbocycles. The van der Waals surface area contributed by atoms with Gasteiger partial charge in [-0.15, -0.1) is 0 Å². The highest BCUT2D eigenvalue weighted by Gasteiger charge is 2.17. The lowest BCUT2D eigenvalue weighted by Crippen LogP contribution is -2.22. The predicted octanol–water partition coefficient (Wildman–Crippen LogP) is 5.44. The number of pyridine rings is 1. The molecule has 2 aromatic heterocycles. The van der Waals surface area contributed by atoms with Crippen LogP contribution in [0.15, 0.2) is 74.7 Å². The van der Waals surface area contributed by atoms with Gasteiger partial charge in [0.2, 0.25) is 5.55 Å². The molecule has 0 radical (unpaired) electrons. The van der Waals surface area contributed by atoms with Crippen LogP contribution in [0.2, 0.25) is 0 Å². The van der Waals surface area contributed by atoms with Crippen LogP contribution < -0.4 is 10.9 Å². The molecule has 0 fully saturated rings. The number of aryl methyl sites for hydroxylation is 2. The smallest absolute Gasteiger partial charge is 0.261 e. The van der Waals surface area contributed by atoms with Crippen molar-refractivity contribution in [3.05, 3.63) is 93.2 Å². The number of rotatable bonds is 5. The summed E-state index contributed by atoms with van der Waals surface area (Å²) in [4.78, 5) is 22.3. The lowest BCUT2D eigenvalue weighted by atomic mass is 10.1. The van der Waals surface area contributed by atoms with E-state index in [0.29, 0.717) is 27.9 Å². The van der Waals surface area contributed by atoms with Crippen molar-refractivity contribution in [2.45, 2.75) is 26.9 Å². The zero-order valence-electron chi connectivity index (χ0n) is 17.7. The largest absolute Gasteiger partial charge is 0.436 e. The maximum absolute atomic E-state index is 13.3. The number of benzene rings is 2. The fourth-order valence-electron chi connectivity index (χ4n) is 3.42. The Hall–Kier alpha value is -3.29. The van der Waals surface area contributed by atoms with Crippen LogP contribution >= 0.6 is 15.9 Å². The van der Waals surface area contributed by atoms with Crippen LogP contribution in [0.4, 0.5) is 11.4 Å². The van der Waals surface area contributed by atoms with Gasteiger partial charge in [0.15, 0.2) is 5.58 Å². The first-order valence-corrected chi connectivity index (χ1v) is 11.0. The number of hydrogen-bond acceptors (Lipinski definition) is 5. The summed E-state index contributed by atoms with van der Waals surface area (Å²) in [7, 11) is 0. The molecule has 0 saturated heterocycles. The van der Waals surface area contributed by atoms with Crippen molar-refractivity contribution in [3.8, 4) is 0 Å². The van der Waals surface area contributed by atoms with E-state index in [1.54, 1.807) is 24.4 Å². The molecule has 1 amide bonds. The number of carbonyl (C=O) groups is 1. The van der Waals surface area contributed by atoms with E-state index < -0.39 is 0 Å². The van der Waals surface area contributed by atoms with Crippen LogP contribution in [0.1, 0.15) is 34.1 Å². The molecule has 0 spiro atoms. The summed E-state index contributed by atoms with van der Waals surface area (Å²) >= 11 is 3.40. The molecule has 7 heteroatoms. The number of hydrogen-bond donors (Lipinski definition) is 2. The monoisotopic (exact) mass is 491 g/mol. The van der Waals surface area contributed by atoms with Gasteiger partial charge in [0.05, 0.1) is 18.0 Å². The number of amides is 1. The molecule has 4 aromatic rings. The van der Waals surface area contributed by atoms with Crippen molar-refractivity contribution in [3.63, 3.8) is 0 Å². The molecule has 162 valence electrons. The van der Waals surface area contributed by atoms with E-state index in [-0.39, 0.29) is 23.6 Å². The van der Waals surface area contributed by atoms with Gasteiger partial charge in [0, 0.05) is 27.3 Å². The van der Waals surface area contributed by atoms with Crippen LogP contribution in [-0.2, 0) is 13.0 Å². The third-order valence-electron chi connectivity index (χ3n) is 5.16. The number of carbonyl (C=O) groups excluding carboxylic acids is 1. The average molecular weight is 492 g/mol. The number of aromatic nitrogens is 1. The van der Waals surface area contributed by atoms with E-state index in [1.807, 2.05) is 43.3 Å². The minimum Gasteiger partial charge on any atom is -0.436 e. The standard InChI is InChI=1S/C25H22BrN3O3/c1-3-16-6-4-5-7-22(16)29-25-21(24(31)28-19-10-8-18(26)9-11-19)12-20-17(14-30)13-27-15(2)23(20)32-25/h4-13,30H,3,14H2,1-2H3,(H,28,31). The summed E-state index contributed by atoms with van der Waals surface area (Å²) < 4.78 is 7.05. The molecule has 0 atom stereocenters. The zero-order chi connectivity index (χ0) is 22.7. The summed E-state index contributed by atoms with van der Waals surface area (Å²) in [5.41, 5.74) is 4.60. The first-order valence-electron chi connectivity index (χ1n) is 10.2. The second-order valence-corrected chi connectivity index (χ2v) is 8.21. The van der Waals surface area contributed by atoms with E-state index in [2.05, 4.69) is 33.2 Å². The van der Waals surface area contributed by atoms with Crippen molar-refractivity contribution >= 4 is 44.2 Å². The molecule has 6 nitrogen and oxygen atoms in total. The van der Waals surface area contributed by atoms with Gasteiger partial charge in [0.1, 0.15) is 5.56 Å². The number of aliphatic hydroxyl groups is 1. The number of nitrogens with one attached hydrogen (secondary N) is 1. The molecule has 32 heavy (non-hydrogen) atoms. The molecule has 2 N–H and O–H groups in total. The molecule has 2 heterocycles. The van der Waals surface area contributed by atoms with Crippen LogP contribution in [0.25, 0.3) is 11.0 Å². The van der Waals surface area contributed by atoms with Crippen LogP contribution in [0.5, 0.6) is 0 Å². The van der Waals surface area contributed by atoms with Crippen molar-refractivity contribution in [1.82, 2.24) is 4.98 Å². The van der Waals surface area contributed by atoms with E-state index >= 15 is 0 Å². The molecule has 0 aliphatic heterocycles. The SMILES string of the molecule is CCc1ccccc1N=c1oc2c(C)ncc(CO)c2cc1C(=O)Nc1ccc(Br)cc1. The Morgan fingerprint density at radius 2 is 1.91 bits per heavy atom. The molecular formula is C25H22BrN3O3. The summed E-state index contributed by atoms with van der Waals surface area (Å²) in [5.74, 6) is -0.357. The van der Waals surface area contributed by atoms with Gasteiger partial charge < -0.3 is 14.8 Å². The Labute approximate surface area is 193 Å². The second kappa shape index (κ2) is 9.46. The number of anilines is 1. The molecule has 4 rings (SSSR count). The molecule has 0 unspecified atom stereocenters. The van der Waals surface area contributed by atoms with E-state index in [9.17, 15) is 9.90 Å². The fourth-order valence-corrected chi connectivity index (χ4v) is 3.68. The van der Waals surface area contributed by atoms with Crippen molar-refractivity contribution in [1.29, 1.82) is 0 Å². The van der Waals surface area contributed by atoms with E-state index in [0.717, 1.165) is 22.1 Å². The quantitative estimate of drug-likeness (QED) is 0.389. The summed E-state index contributed by atoms with van der Waals surface area (Å²) in [6, 6.07) is 16.8. The predicted molar refractivity (Wildman–Crippen MR) is 128 cm³/mol. The minimum absolute atomic E-state index is 0.188. The summed E-state index contributed by atoms with van der Waals surface area (Å²) in [6.07, 6.45) is 2.38. The number of aliphatic hydroxyl groups excluding tert-OH is 1.